The predicted molar refractivity (Wildman–Crippen MR) is 114 cm³/mol. The number of guanidine groups is 1. The molecule has 0 fully saturated rings. The average molecular weight is 374 g/mol. The van der Waals surface area contributed by atoms with Crippen LogP contribution in [0.5, 0.6) is 0 Å². The number of nitrogens with two attached hydrogens (primary N) is 1. The van der Waals surface area contributed by atoms with Crippen LogP contribution in [0.3, 0.4) is 0 Å². The fourth-order valence-corrected chi connectivity index (χ4v) is 3.72. The van der Waals surface area contributed by atoms with E-state index < -0.39 is 0 Å². The zero-order chi connectivity index (χ0) is 19.8. The zero-order valence-electron chi connectivity index (χ0n) is 16.8. The lowest BCUT2D eigenvalue weighted by Gasteiger charge is -2.27. The molecule has 0 saturated heterocycles. The van der Waals surface area contributed by atoms with Crippen LogP contribution in [0.15, 0.2) is 52.6 Å². The molecule has 0 bridgehead atoms. The lowest BCUT2D eigenvalue weighted by atomic mass is 9.96. The number of aromatic nitrogens is 1. The molecule has 4 rings (SSSR count). The highest BCUT2D eigenvalue weighted by Gasteiger charge is 2.35. The topological polar surface area (TPSA) is 70.1 Å². The van der Waals surface area contributed by atoms with Crippen molar-refractivity contribution in [1.82, 2.24) is 14.9 Å². The summed E-state index contributed by atoms with van der Waals surface area (Å²) >= 11 is 0. The molecule has 28 heavy (non-hydrogen) atoms. The fourth-order valence-electron chi connectivity index (χ4n) is 3.72. The Hall–Kier alpha value is -3.15. The van der Waals surface area contributed by atoms with Gasteiger partial charge in [0.2, 0.25) is 5.96 Å². The largest absolute Gasteiger partial charge is 0.369 e. The molecule has 0 spiro atoms. The maximum absolute atomic E-state index is 6.36. The number of rotatable bonds is 4. The van der Waals surface area contributed by atoms with Crippen molar-refractivity contribution >= 4 is 23.1 Å². The molecule has 1 aromatic carbocycles. The molecule has 1 aromatic heterocycles. The van der Waals surface area contributed by atoms with Crippen LogP contribution in [0.4, 0.5) is 0 Å². The van der Waals surface area contributed by atoms with E-state index >= 15 is 0 Å². The third kappa shape index (κ3) is 3.38. The fraction of sp³-hybridized carbons (Fsp3) is 0.318. The quantitative estimate of drug-likeness (QED) is 0.890. The Morgan fingerprint density at radius 3 is 2.36 bits per heavy atom. The Balaban J connectivity index is 1.94. The van der Waals surface area contributed by atoms with Gasteiger partial charge in [-0.3, -0.25) is 14.9 Å². The second kappa shape index (κ2) is 7.11. The smallest absolute Gasteiger partial charge is 0.203 e. The Morgan fingerprint density at radius 1 is 1.04 bits per heavy atom. The summed E-state index contributed by atoms with van der Waals surface area (Å²) in [5, 5.41) is 7.00. The van der Waals surface area contributed by atoms with Crippen molar-refractivity contribution in [3.8, 4) is 0 Å². The first kappa shape index (κ1) is 18.2. The molecule has 6 heteroatoms. The predicted octanol–water partition coefficient (Wildman–Crippen LogP) is 3.44. The maximum atomic E-state index is 6.36. The molecule has 0 aliphatic carbocycles. The second-order valence-corrected chi connectivity index (χ2v) is 7.77. The number of pyridine rings is 1. The minimum atomic E-state index is 0.482. The van der Waals surface area contributed by atoms with E-state index in [9.17, 15) is 0 Å². The first-order valence-electron chi connectivity index (χ1n) is 9.63. The number of hydrogen-bond donors (Lipinski definition) is 1. The number of aryl methyl sites for hydroxylation is 2. The third-order valence-electron chi connectivity index (χ3n) is 4.75. The van der Waals surface area contributed by atoms with Crippen LogP contribution in [-0.2, 0) is 0 Å². The summed E-state index contributed by atoms with van der Waals surface area (Å²) in [5.41, 5.74) is 12.3. The van der Waals surface area contributed by atoms with Gasteiger partial charge in [-0.1, -0.05) is 44.2 Å². The Morgan fingerprint density at radius 2 is 1.71 bits per heavy atom. The molecule has 3 heterocycles. The van der Waals surface area contributed by atoms with E-state index in [1.54, 1.807) is 0 Å². The van der Waals surface area contributed by atoms with Crippen LogP contribution < -0.4 is 5.73 Å². The highest BCUT2D eigenvalue weighted by Crippen LogP contribution is 2.35. The molecule has 6 nitrogen and oxygen atoms in total. The monoisotopic (exact) mass is 374 g/mol. The number of aliphatic imine (C=N–C) groups is 1. The van der Waals surface area contributed by atoms with Gasteiger partial charge in [-0.15, -0.1) is 0 Å². The Labute approximate surface area is 166 Å². The molecule has 0 saturated carbocycles. The van der Waals surface area contributed by atoms with E-state index in [2.05, 4.69) is 48.1 Å². The summed E-state index contributed by atoms with van der Waals surface area (Å²) in [6, 6.07) is 14.3. The Kier molecular flexibility index (Phi) is 4.63. The van der Waals surface area contributed by atoms with Gasteiger partial charge in [0.25, 0.3) is 0 Å². The van der Waals surface area contributed by atoms with Gasteiger partial charge in [0, 0.05) is 23.5 Å². The summed E-state index contributed by atoms with van der Waals surface area (Å²) in [6.45, 7) is 9.90. The van der Waals surface area contributed by atoms with Gasteiger partial charge in [-0.25, -0.2) is 4.99 Å². The van der Waals surface area contributed by atoms with E-state index in [-0.39, 0.29) is 0 Å². The molecule has 2 aromatic rings. The van der Waals surface area contributed by atoms with Crippen molar-refractivity contribution in [2.45, 2.75) is 27.7 Å². The van der Waals surface area contributed by atoms with Crippen LogP contribution in [0.1, 0.15) is 36.4 Å². The van der Waals surface area contributed by atoms with E-state index in [0.29, 0.717) is 18.5 Å². The summed E-state index contributed by atoms with van der Waals surface area (Å²) in [7, 11) is 0. The first-order valence-corrected chi connectivity index (χ1v) is 9.63. The SMILES string of the molecule is Cc1cc(C2=C(c3ccccc3)N=C(N)N3CN(CC(C)C)N=C23)cc(C)n1. The van der Waals surface area contributed by atoms with Crippen LogP contribution in [0.2, 0.25) is 0 Å². The molecule has 2 aliphatic heterocycles. The number of benzene rings is 1. The Bertz CT molecular complexity index is 967. The van der Waals surface area contributed by atoms with Crippen LogP contribution in [0.25, 0.3) is 11.3 Å². The lowest BCUT2D eigenvalue weighted by Crippen LogP contribution is -2.44. The molecule has 0 atom stereocenters. The van der Waals surface area contributed by atoms with Gasteiger partial charge >= 0.3 is 0 Å². The minimum Gasteiger partial charge on any atom is -0.369 e. The van der Waals surface area contributed by atoms with Gasteiger partial charge in [-0.05, 0) is 37.5 Å². The summed E-state index contributed by atoms with van der Waals surface area (Å²) in [5.74, 6) is 1.85. The molecule has 2 N–H and O–H groups in total. The van der Waals surface area contributed by atoms with E-state index in [4.69, 9.17) is 15.8 Å². The summed E-state index contributed by atoms with van der Waals surface area (Å²) in [6.07, 6.45) is 0. The van der Waals surface area contributed by atoms with Crippen molar-refractivity contribution in [3.63, 3.8) is 0 Å². The van der Waals surface area contributed by atoms with Crippen molar-refractivity contribution in [3.05, 3.63) is 65.0 Å². The van der Waals surface area contributed by atoms with Gasteiger partial charge < -0.3 is 5.73 Å². The van der Waals surface area contributed by atoms with Gasteiger partial charge in [-0.2, -0.15) is 5.10 Å². The number of nitrogens with zero attached hydrogens (tertiary/aromatic N) is 5. The molecule has 144 valence electrons. The van der Waals surface area contributed by atoms with Crippen LogP contribution in [0, 0.1) is 19.8 Å². The van der Waals surface area contributed by atoms with Gasteiger partial charge in [0.1, 0.15) is 6.67 Å². The van der Waals surface area contributed by atoms with Crippen molar-refractivity contribution in [1.29, 1.82) is 0 Å². The maximum Gasteiger partial charge on any atom is 0.203 e. The molecule has 0 unspecified atom stereocenters. The molecular formula is C22H26N6. The summed E-state index contributed by atoms with van der Waals surface area (Å²) < 4.78 is 0. The standard InChI is InChI=1S/C22H26N6/c1-14(2)12-27-13-28-21(26-27)19(18-10-15(3)24-16(4)11-18)20(25-22(28)23)17-8-6-5-7-9-17/h5-11,14H,12-13H2,1-4H3,(H2,23,25). The van der Waals surface area contributed by atoms with Crippen LogP contribution >= 0.6 is 0 Å². The molecular weight excluding hydrogens is 348 g/mol. The van der Waals surface area contributed by atoms with Crippen molar-refractivity contribution < 1.29 is 0 Å². The number of amidine groups is 1. The zero-order valence-corrected chi connectivity index (χ0v) is 16.8. The van der Waals surface area contributed by atoms with E-state index in [1.165, 1.54) is 0 Å². The highest BCUT2D eigenvalue weighted by atomic mass is 15.6. The van der Waals surface area contributed by atoms with Crippen LogP contribution in [-0.4, -0.2) is 39.9 Å². The average Bonchev–Trinajstić information content (AvgIpc) is 3.04. The first-order chi connectivity index (χ1) is 13.4. The normalized spacial score (nSPS) is 16.5. The lowest BCUT2D eigenvalue weighted by molar-refractivity contribution is 0.242. The third-order valence-corrected chi connectivity index (χ3v) is 4.75. The number of fused-ring (bicyclic) bond motifs is 1. The minimum absolute atomic E-state index is 0.482. The van der Waals surface area contributed by atoms with Gasteiger partial charge in [0.05, 0.1) is 11.3 Å². The van der Waals surface area contributed by atoms with E-state index in [1.807, 2.05) is 36.9 Å². The summed E-state index contributed by atoms with van der Waals surface area (Å²) in [4.78, 5) is 11.3. The van der Waals surface area contributed by atoms with Gasteiger partial charge in [0.15, 0.2) is 5.84 Å². The molecule has 0 amide bonds. The number of hydrazone groups is 1. The molecule has 0 radical (unpaired) electrons. The van der Waals surface area contributed by atoms with E-state index in [0.717, 1.165) is 46.2 Å². The second-order valence-electron chi connectivity index (χ2n) is 7.77. The highest BCUT2D eigenvalue weighted by molar-refractivity contribution is 6.35. The number of hydrogen-bond acceptors (Lipinski definition) is 6. The van der Waals surface area contributed by atoms with Crippen molar-refractivity contribution in [2.75, 3.05) is 13.2 Å². The van der Waals surface area contributed by atoms with Crippen molar-refractivity contribution in [2.24, 2.45) is 21.7 Å². The molecule has 2 aliphatic rings.